The van der Waals surface area contributed by atoms with Crippen molar-refractivity contribution in [3.8, 4) is 5.75 Å². The van der Waals surface area contributed by atoms with Crippen molar-refractivity contribution in [2.45, 2.75) is 63.3 Å². The van der Waals surface area contributed by atoms with Crippen molar-refractivity contribution in [2.24, 2.45) is 23.7 Å². The number of carbonyl (C=O) groups excluding carboxylic acids is 3. The highest BCUT2D eigenvalue weighted by atomic mass is 16.5. The minimum Gasteiger partial charge on any atom is -0.497 e. The number of benzene rings is 1. The molecule has 1 spiro atoms. The first-order valence-corrected chi connectivity index (χ1v) is 15.6. The lowest BCUT2D eigenvalue weighted by Gasteiger charge is -2.38. The van der Waals surface area contributed by atoms with Gasteiger partial charge in [0.15, 0.2) is 0 Å². The summed E-state index contributed by atoms with van der Waals surface area (Å²) in [6, 6.07) is 6.33. The summed E-state index contributed by atoms with van der Waals surface area (Å²) in [5.74, 6) is -0.554. The Morgan fingerprint density at radius 3 is 2.57 bits per heavy atom. The lowest BCUT2D eigenvalue weighted by molar-refractivity contribution is -0.141. The number of nitrogens with one attached hydrogen (secondary N) is 2. The van der Waals surface area contributed by atoms with Crippen LogP contribution in [0.2, 0.25) is 0 Å². The first-order chi connectivity index (χ1) is 20.3. The largest absolute Gasteiger partial charge is 0.497 e. The smallest absolute Gasteiger partial charge is 0.246 e. The van der Waals surface area contributed by atoms with Gasteiger partial charge in [-0.2, -0.15) is 0 Å². The molecule has 4 fully saturated rings. The maximum absolute atomic E-state index is 14.2. The standard InChI is InChI=1S/C32H44N4O6/c1-20-6-4-7-24(21(20)2)34-30(38)28-32-13-12-25(42-32)26(29(37)33-22-8-10-23(40-3)11-9-22)27(32)31(39)36(28)15-5-14-35-16-18-41-19-17-35/h8-13,20-21,24-28H,4-7,14-19H2,1-3H3,(H,33,37)(H,34,38)/t20-,21-,24+,25-,26+,27-,28-,32-/m0/s1. The van der Waals surface area contributed by atoms with Gasteiger partial charge in [0.2, 0.25) is 17.7 Å². The van der Waals surface area contributed by atoms with Gasteiger partial charge in [0.1, 0.15) is 17.4 Å². The predicted molar refractivity (Wildman–Crippen MR) is 157 cm³/mol. The molecule has 2 N–H and O–H groups in total. The van der Waals surface area contributed by atoms with Crippen molar-refractivity contribution in [1.82, 2.24) is 15.1 Å². The molecule has 42 heavy (non-hydrogen) atoms. The number of ether oxygens (including phenoxy) is 3. The van der Waals surface area contributed by atoms with Gasteiger partial charge in [-0.3, -0.25) is 19.3 Å². The van der Waals surface area contributed by atoms with Crippen molar-refractivity contribution in [3.05, 3.63) is 36.4 Å². The highest BCUT2D eigenvalue weighted by Gasteiger charge is 2.72. The fourth-order valence-corrected chi connectivity index (χ4v) is 7.74. The molecule has 1 aromatic carbocycles. The Bertz CT molecular complexity index is 1200. The molecule has 1 aromatic rings. The molecule has 0 radical (unpaired) electrons. The van der Waals surface area contributed by atoms with Crippen LogP contribution < -0.4 is 15.4 Å². The molecule has 3 amide bonds. The molecular formula is C32H44N4O6. The number of amides is 3. The predicted octanol–water partition coefficient (Wildman–Crippen LogP) is 2.45. The van der Waals surface area contributed by atoms with E-state index in [0.717, 1.165) is 45.3 Å². The Kier molecular flexibility index (Phi) is 8.31. The molecule has 1 saturated carbocycles. The third-order valence-corrected chi connectivity index (χ3v) is 10.3. The minimum absolute atomic E-state index is 0.0544. The average Bonchev–Trinajstić information content (AvgIpc) is 3.64. The number of methoxy groups -OCH3 is 1. The Balaban J connectivity index is 1.24. The fraction of sp³-hybridized carbons (Fsp3) is 0.656. The maximum atomic E-state index is 14.2. The minimum atomic E-state index is -1.16. The highest BCUT2D eigenvalue weighted by molar-refractivity contribution is 6.02. The van der Waals surface area contributed by atoms with Gasteiger partial charge in [-0.25, -0.2) is 0 Å². The van der Waals surface area contributed by atoms with Crippen LogP contribution in [-0.2, 0) is 23.9 Å². The molecule has 6 rings (SSSR count). The highest BCUT2D eigenvalue weighted by Crippen LogP contribution is 2.55. The number of hydrogen-bond acceptors (Lipinski definition) is 7. The van der Waals surface area contributed by atoms with Crippen LogP contribution in [-0.4, -0.2) is 97.8 Å². The molecule has 0 unspecified atom stereocenters. The topological polar surface area (TPSA) is 109 Å². The zero-order chi connectivity index (χ0) is 29.4. The van der Waals surface area contributed by atoms with Gasteiger partial charge in [-0.05, 0) is 48.9 Å². The van der Waals surface area contributed by atoms with Gasteiger partial charge < -0.3 is 29.7 Å². The summed E-state index contributed by atoms with van der Waals surface area (Å²) in [6.45, 7) is 8.84. The fourth-order valence-electron chi connectivity index (χ4n) is 7.74. The lowest BCUT2D eigenvalue weighted by atomic mass is 9.73. The summed E-state index contributed by atoms with van der Waals surface area (Å²) in [4.78, 5) is 46.1. The average molecular weight is 581 g/mol. The van der Waals surface area contributed by atoms with Crippen molar-refractivity contribution >= 4 is 23.4 Å². The Labute approximate surface area is 248 Å². The zero-order valence-electron chi connectivity index (χ0n) is 24.9. The van der Waals surface area contributed by atoms with E-state index in [4.69, 9.17) is 14.2 Å². The SMILES string of the molecule is COc1ccc(NC(=O)[C@@H]2[C@@H]3C=C[C@]4(O3)[C@@H]2C(=O)N(CCCN2CCOCC2)[C@H]4C(=O)N[C@@H]2CCC[C@H](C)[C@@H]2C)cc1. The van der Waals surface area contributed by atoms with E-state index in [0.29, 0.717) is 43.0 Å². The van der Waals surface area contributed by atoms with Gasteiger partial charge in [0.25, 0.3) is 0 Å². The van der Waals surface area contributed by atoms with E-state index in [-0.39, 0.29) is 23.8 Å². The third kappa shape index (κ3) is 5.22. The lowest BCUT2D eigenvalue weighted by Crippen LogP contribution is -2.58. The van der Waals surface area contributed by atoms with E-state index < -0.39 is 29.6 Å². The molecule has 5 aliphatic rings. The van der Waals surface area contributed by atoms with Gasteiger partial charge >= 0.3 is 0 Å². The van der Waals surface area contributed by atoms with E-state index in [9.17, 15) is 14.4 Å². The van der Waals surface area contributed by atoms with Crippen LogP contribution in [0, 0.1) is 23.7 Å². The van der Waals surface area contributed by atoms with Crippen LogP contribution in [0.1, 0.15) is 39.5 Å². The molecule has 4 aliphatic heterocycles. The van der Waals surface area contributed by atoms with E-state index in [2.05, 4.69) is 29.4 Å². The molecule has 8 atom stereocenters. The van der Waals surface area contributed by atoms with Crippen molar-refractivity contribution in [1.29, 1.82) is 0 Å². The van der Waals surface area contributed by atoms with E-state index >= 15 is 0 Å². The van der Waals surface area contributed by atoms with Crippen LogP contribution in [0.25, 0.3) is 0 Å². The second-order valence-corrected chi connectivity index (χ2v) is 12.6. The van der Waals surface area contributed by atoms with Crippen molar-refractivity contribution in [2.75, 3.05) is 51.8 Å². The number of anilines is 1. The van der Waals surface area contributed by atoms with E-state index in [1.165, 1.54) is 0 Å². The maximum Gasteiger partial charge on any atom is 0.246 e. The first-order valence-electron chi connectivity index (χ1n) is 15.6. The number of fused-ring (bicyclic) bond motifs is 1. The second kappa shape index (κ2) is 12.0. The van der Waals surface area contributed by atoms with Gasteiger partial charge in [0.05, 0.1) is 38.3 Å². The van der Waals surface area contributed by atoms with Crippen LogP contribution >= 0.6 is 0 Å². The molecule has 10 heteroatoms. The number of likely N-dealkylation sites (tertiary alicyclic amines) is 1. The summed E-state index contributed by atoms with van der Waals surface area (Å²) in [7, 11) is 1.59. The third-order valence-electron chi connectivity index (χ3n) is 10.3. The van der Waals surface area contributed by atoms with Crippen LogP contribution in [0.15, 0.2) is 36.4 Å². The van der Waals surface area contributed by atoms with Crippen LogP contribution in [0.4, 0.5) is 5.69 Å². The molecule has 2 bridgehead atoms. The molecule has 4 heterocycles. The van der Waals surface area contributed by atoms with E-state index in [1.54, 1.807) is 36.3 Å². The van der Waals surface area contributed by atoms with Crippen molar-refractivity contribution < 1.29 is 28.6 Å². The summed E-state index contributed by atoms with van der Waals surface area (Å²) in [5, 5.41) is 6.30. The molecule has 10 nitrogen and oxygen atoms in total. The second-order valence-electron chi connectivity index (χ2n) is 12.6. The normalized spacial score (nSPS) is 35.7. The molecule has 3 saturated heterocycles. The summed E-state index contributed by atoms with van der Waals surface area (Å²) >= 11 is 0. The number of hydrogen-bond donors (Lipinski definition) is 2. The van der Waals surface area contributed by atoms with Gasteiger partial charge in [-0.1, -0.05) is 38.8 Å². The summed E-state index contributed by atoms with van der Waals surface area (Å²) in [5.41, 5.74) is -0.542. The quantitative estimate of drug-likeness (QED) is 0.432. The van der Waals surface area contributed by atoms with Crippen molar-refractivity contribution in [3.63, 3.8) is 0 Å². The summed E-state index contributed by atoms with van der Waals surface area (Å²) in [6.07, 6.45) is 7.08. The number of carbonyl (C=O) groups is 3. The van der Waals surface area contributed by atoms with Crippen LogP contribution in [0.5, 0.6) is 5.75 Å². The molecular weight excluding hydrogens is 536 g/mol. The molecule has 0 aromatic heterocycles. The zero-order valence-corrected chi connectivity index (χ0v) is 24.9. The van der Waals surface area contributed by atoms with Gasteiger partial charge in [0, 0.05) is 37.9 Å². The number of morpholine rings is 1. The van der Waals surface area contributed by atoms with E-state index in [1.807, 2.05) is 12.2 Å². The van der Waals surface area contributed by atoms with Crippen LogP contribution in [0.3, 0.4) is 0 Å². The first kappa shape index (κ1) is 29.1. The van der Waals surface area contributed by atoms with Gasteiger partial charge in [-0.15, -0.1) is 0 Å². The molecule has 228 valence electrons. The Morgan fingerprint density at radius 2 is 1.83 bits per heavy atom. The monoisotopic (exact) mass is 580 g/mol. The number of rotatable bonds is 9. The molecule has 1 aliphatic carbocycles. The Morgan fingerprint density at radius 1 is 1.07 bits per heavy atom. The Hall–Kier alpha value is -2.95. The summed E-state index contributed by atoms with van der Waals surface area (Å²) < 4.78 is 17.2. The number of nitrogens with zero attached hydrogens (tertiary/aromatic N) is 2.